The number of hydrogen-bond acceptors (Lipinski definition) is 7. The third-order valence-corrected chi connectivity index (χ3v) is 2.59. The molecule has 1 aromatic rings. The van der Waals surface area contributed by atoms with Gasteiger partial charge in [-0.25, -0.2) is 4.79 Å². The molecule has 0 unspecified atom stereocenters. The zero-order valence-corrected chi connectivity index (χ0v) is 12.9. The quantitative estimate of drug-likeness (QED) is 0.475. The minimum atomic E-state index is -0.905. The van der Waals surface area contributed by atoms with E-state index in [0.29, 0.717) is 11.3 Å². The first-order chi connectivity index (χ1) is 9.47. The van der Waals surface area contributed by atoms with Crippen molar-refractivity contribution in [2.24, 2.45) is 0 Å². The van der Waals surface area contributed by atoms with Crippen LogP contribution in [0, 0.1) is 20.2 Å². The van der Waals surface area contributed by atoms with E-state index in [9.17, 15) is 25.0 Å². The number of nitrogens with zero attached hydrogens (tertiary/aromatic N) is 2. The van der Waals surface area contributed by atoms with Gasteiger partial charge in [-0.3, -0.25) is 20.2 Å². The molecule has 0 amide bonds. The third-order valence-electron chi connectivity index (χ3n) is 1.53. The van der Waals surface area contributed by atoms with Crippen LogP contribution in [-0.4, -0.2) is 22.4 Å². The summed E-state index contributed by atoms with van der Waals surface area (Å²) in [6.07, 6.45) is 0. The van der Waals surface area contributed by atoms with Crippen molar-refractivity contribution >= 4 is 28.0 Å². The molecule has 0 aromatic carbocycles. The molecule has 1 rings (SSSR count). The molecule has 0 bridgehead atoms. The summed E-state index contributed by atoms with van der Waals surface area (Å²) in [5.41, 5.74) is -0.696. The summed E-state index contributed by atoms with van der Waals surface area (Å²) in [4.78, 5) is 30.2. The molecule has 0 saturated heterocycles. The number of ether oxygens (including phenoxy) is 1. The fourth-order valence-electron chi connectivity index (χ4n) is 0.936. The zero-order chi connectivity index (χ0) is 16.3. The highest BCUT2D eigenvalue weighted by Gasteiger charge is 2.31. The van der Waals surface area contributed by atoms with Gasteiger partial charge in [0.25, 0.3) is 0 Å². The van der Waals surface area contributed by atoms with E-state index in [0.717, 1.165) is 6.07 Å². The second kappa shape index (κ2) is 10.9. The average Bonchev–Trinajstić information content (AvgIpc) is 2.89. The van der Waals surface area contributed by atoms with Crippen LogP contribution in [0.2, 0.25) is 0 Å². The lowest BCUT2D eigenvalue weighted by Crippen LogP contribution is -2.01. The molecule has 8 nitrogen and oxygen atoms in total. The van der Waals surface area contributed by atoms with Gasteiger partial charge in [0.2, 0.25) is 0 Å². The Balaban J connectivity index is 0. The van der Waals surface area contributed by atoms with Gasteiger partial charge in [0.05, 0.1) is 16.5 Å². The first-order valence-electron chi connectivity index (χ1n) is 6.07. The van der Waals surface area contributed by atoms with Gasteiger partial charge in [0.15, 0.2) is 0 Å². The summed E-state index contributed by atoms with van der Waals surface area (Å²) < 4.78 is 4.58. The minimum Gasteiger partial charge on any atom is -0.462 e. The Kier molecular flexibility index (Phi) is 11.0. The van der Waals surface area contributed by atoms with Crippen LogP contribution >= 0.6 is 11.3 Å². The Hall–Kier alpha value is -2.03. The third kappa shape index (κ3) is 5.74. The average molecular weight is 306 g/mol. The van der Waals surface area contributed by atoms with Crippen molar-refractivity contribution in [1.82, 2.24) is 0 Å². The second-order valence-corrected chi connectivity index (χ2v) is 3.57. The molecule has 114 valence electrons. The van der Waals surface area contributed by atoms with Gasteiger partial charge in [-0.15, -0.1) is 0 Å². The maximum Gasteiger partial charge on any atom is 0.401 e. The van der Waals surface area contributed by atoms with Gasteiger partial charge in [0, 0.05) is 6.07 Å². The summed E-state index contributed by atoms with van der Waals surface area (Å²) in [5.74, 6) is -0.802. The first-order valence-corrected chi connectivity index (χ1v) is 6.88. The summed E-state index contributed by atoms with van der Waals surface area (Å²) in [5, 5.41) is 20.3. The summed E-state index contributed by atoms with van der Waals surface area (Å²) in [6.45, 7) is 9.66. The molecule has 0 fully saturated rings. The van der Waals surface area contributed by atoms with E-state index in [4.69, 9.17) is 0 Å². The lowest BCUT2D eigenvalue weighted by atomic mass is 10.4. The monoisotopic (exact) mass is 306 g/mol. The lowest BCUT2D eigenvalue weighted by molar-refractivity contribution is -0.419. The van der Waals surface area contributed by atoms with E-state index in [1.807, 2.05) is 27.7 Å². The fraction of sp³-hybridized carbons (Fsp3) is 0.545. The highest BCUT2D eigenvalue weighted by molar-refractivity contribution is 7.17. The molecule has 0 N–H and O–H groups in total. The number of rotatable bonds is 4. The number of esters is 1. The van der Waals surface area contributed by atoms with Crippen LogP contribution in [0.15, 0.2) is 6.07 Å². The van der Waals surface area contributed by atoms with Gasteiger partial charge >= 0.3 is 16.7 Å². The molecule has 0 aliphatic heterocycles. The van der Waals surface area contributed by atoms with Crippen molar-refractivity contribution < 1.29 is 19.4 Å². The fourth-order valence-corrected chi connectivity index (χ4v) is 1.77. The summed E-state index contributed by atoms with van der Waals surface area (Å²) in [6, 6.07) is 0.848. The molecular weight excluding hydrogens is 288 g/mol. The molecule has 0 atom stereocenters. The lowest BCUT2D eigenvalue weighted by Gasteiger charge is -1.95. The molecular formula is C11H18N2O6S. The summed E-state index contributed by atoms with van der Waals surface area (Å²) >= 11 is 0.429. The highest BCUT2D eigenvalue weighted by atomic mass is 32.1. The van der Waals surface area contributed by atoms with Crippen LogP contribution in [0.3, 0.4) is 0 Å². The van der Waals surface area contributed by atoms with Crippen molar-refractivity contribution in [1.29, 1.82) is 0 Å². The molecule has 0 aliphatic carbocycles. The Morgan fingerprint density at radius 3 is 2.00 bits per heavy atom. The van der Waals surface area contributed by atoms with Crippen LogP contribution in [0.1, 0.15) is 44.3 Å². The smallest absolute Gasteiger partial charge is 0.401 e. The summed E-state index contributed by atoms with van der Waals surface area (Å²) in [7, 11) is 0. The molecule has 0 saturated carbocycles. The molecule has 20 heavy (non-hydrogen) atoms. The molecule has 0 aliphatic rings. The predicted molar refractivity (Wildman–Crippen MR) is 76.3 cm³/mol. The van der Waals surface area contributed by atoms with Gasteiger partial charge < -0.3 is 4.74 Å². The minimum absolute atomic E-state index is 0.0956. The van der Waals surface area contributed by atoms with Gasteiger partial charge in [0.1, 0.15) is 4.88 Å². The number of hydrogen-bond donors (Lipinski definition) is 0. The zero-order valence-electron chi connectivity index (χ0n) is 12.0. The Morgan fingerprint density at radius 1 is 1.20 bits per heavy atom. The Bertz CT molecular complexity index is 426. The SMILES string of the molecule is CC.CC.CCOC(=O)c1cc([N+](=O)[O-])c([N+](=O)[O-])s1. The maximum absolute atomic E-state index is 11.2. The van der Waals surface area contributed by atoms with Gasteiger partial charge in [-0.1, -0.05) is 27.7 Å². The van der Waals surface area contributed by atoms with Crippen molar-refractivity contribution in [3.8, 4) is 0 Å². The van der Waals surface area contributed by atoms with Crippen molar-refractivity contribution in [3.05, 3.63) is 31.2 Å². The van der Waals surface area contributed by atoms with Gasteiger partial charge in [-0.2, -0.15) is 0 Å². The molecule has 0 radical (unpaired) electrons. The molecule has 9 heteroatoms. The van der Waals surface area contributed by atoms with Crippen LogP contribution in [-0.2, 0) is 4.74 Å². The molecule has 1 aromatic heterocycles. The van der Waals surface area contributed by atoms with Crippen molar-refractivity contribution in [2.75, 3.05) is 6.61 Å². The number of carbonyl (C=O) groups is 1. The number of thiophene rings is 1. The van der Waals surface area contributed by atoms with E-state index in [2.05, 4.69) is 4.74 Å². The Morgan fingerprint density at radius 2 is 1.70 bits per heavy atom. The Labute approximate surface area is 120 Å². The van der Waals surface area contributed by atoms with Crippen LogP contribution in [0.25, 0.3) is 0 Å². The molecule has 0 spiro atoms. The highest BCUT2D eigenvalue weighted by Crippen LogP contribution is 2.36. The topological polar surface area (TPSA) is 113 Å². The second-order valence-electron chi connectivity index (χ2n) is 2.54. The van der Waals surface area contributed by atoms with Crippen LogP contribution in [0.5, 0.6) is 0 Å². The van der Waals surface area contributed by atoms with Gasteiger partial charge in [-0.05, 0) is 18.3 Å². The van der Waals surface area contributed by atoms with Crippen molar-refractivity contribution in [2.45, 2.75) is 34.6 Å². The van der Waals surface area contributed by atoms with E-state index in [-0.39, 0.29) is 11.5 Å². The van der Waals surface area contributed by atoms with E-state index >= 15 is 0 Å². The first kappa shape index (κ1) is 20.3. The molecule has 1 heterocycles. The predicted octanol–water partition coefficient (Wildman–Crippen LogP) is 3.79. The number of carbonyl (C=O) groups excluding carboxylic acids is 1. The maximum atomic E-state index is 11.2. The largest absolute Gasteiger partial charge is 0.462 e. The number of nitro groups is 2. The van der Waals surface area contributed by atoms with Crippen molar-refractivity contribution in [3.63, 3.8) is 0 Å². The van der Waals surface area contributed by atoms with Crippen LogP contribution in [0.4, 0.5) is 10.7 Å². The van der Waals surface area contributed by atoms with E-state index in [1.54, 1.807) is 6.92 Å². The van der Waals surface area contributed by atoms with E-state index in [1.165, 1.54) is 0 Å². The standard InChI is InChI=1S/C7H6N2O6S.2C2H6/c1-2-15-7(10)5-3-4(8(11)12)6(16-5)9(13)14;2*1-2/h3H,2H2,1H3;2*1-2H3. The van der Waals surface area contributed by atoms with E-state index < -0.39 is 26.5 Å². The van der Waals surface area contributed by atoms with Crippen LogP contribution < -0.4 is 0 Å². The normalized spacial score (nSPS) is 8.45.